The Morgan fingerprint density at radius 2 is 1.45 bits per heavy atom. The topological polar surface area (TPSA) is 86.8 Å². The fourth-order valence-electron chi connectivity index (χ4n) is 4.99. The molecule has 40 heavy (non-hydrogen) atoms. The summed E-state index contributed by atoms with van der Waals surface area (Å²) in [6.07, 6.45) is 0.750. The zero-order chi connectivity index (χ0) is 28.9. The molecule has 3 aromatic carbocycles. The molecule has 0 aliphatic carbocycles. The summed E-state index contributed by atoms with van der Waals surface area (Å²) in [5.74, 6) is -1.10. The molecule has 1 aliphatic rings. The largest absolute Gasteiger partial charge is 0.350 e. The van der Waals surface area contributed by atoms with Crippen LogP contribution in [0.1, 0.15) is 71.0 Å². The normalized spacial score (nSPS) is 13.7. The number of rotatable bonds is 10. The highest BCUT2D eigenvalue weighted by molar-refractivity contribution is 6.21. The molecule has 7 nitrogen and oxygen atoms in total. The van der Waals surface area contributed by atoms with E-state index in [0.29, 0.717) is 24.0 Å². The van der Waals surface area contributed by atoms with Crippen molar-refractivity contribution in [3.8, 4) is 0 Å². The Morgan fingerprint density at radius 3 is 2.05 bits per heavy atom. The minimum atomic E-state index is -0.742. The predicted octanol–water partition coefficient (Wildman–Crippen LogP) is 4.93. The first-order valence-corrected chi connectivity index (χ1v) is 13.7. The first kappa shape index (κ1) is 28.7. The molecule has 0 bridgehead atoms. The van der Waals surface area contributed by atoms with Crippen LogP contribution in [-0.2, 0) is 22.6 Å². The molecule has 4 rings (SSSR count). The van der Waals surface area contributed by atoms with Crippen LogP contribution in [0, 0.1) is 6.92 Å². The molecule has 0 spiro atoms. The molecule has 0 radical (unpaired) electrons. The van der Waals surface area contributed by atoms with E-state index in [4.69, 9.17) is 0 Å². The summed E-state index contributed by atoms with van der Waals surface area (Å²) in [6, 6.07) is 23.6. The summed E-state index contributed by atoms with van der Waals surface area (Å²) in [4.78, 5) is 55.9. The van der Waals surface area contributed by atoms with Crippen LogP contribution in [-0.4, -0.2) is 51.6 Å². The van der Waals surface area contributed by atoms with Crippen LogP contribution >= 0.6 is 0 Å². The number of aryl methyl sites for hydroxylation is 1. The van der Waals surface area contributed by atoms with Gasteiger partial charge in [0.1, 0.15) is 6.04 Å². The Kier molecular flexibility index (Phi) is 8.83. The minimum Gasteiger partial charge on any atom is -0.350 e. The minimum absolute atomic E-state index is 0.0906. The van der Waals surface area contributed by atoms with Crippen LogP contribution in [0.25, 0.3) is 0 Å². The molecule has 0 unspecified atom stereocenters. The zero-order valence-electron chi connectivity index (χ0n) is 23.6. The monoisotopic (exact) mass is 539 g/mol. The van der Waals surface area contributed by atoms with E-state index in [2.05, 4.69) is 5.32 Å². The number of fused-ring (bicyclic) bond motifs is 1. The molecular formula is C33H37N3O4. The SMILES string of the molecule is Cc1cccc(CN(C(=O)CCCN2C(=O)c3ccccc3C2=O)[C@H](Cc2ccccc2)C(=O)NC(C)(C)C)c1. The third kappa shape index (κ3) is 7.03. The summed E-state index contributed by atoms with van der Waals surface area (Å²) in [6.45, 7) is 8.14. The van der Waals surface area contributed by atoms with Gasteiger partial charge in [-0.25, -0.2) is 0 Å². The Bertz CT molecular complexity index is 1360. The molecule has 1 aliphatic heterocycles. The molecule has 1 N–H and O–H groups in total. The van der Waals surface area contributed by atoms with E-state index in [1.54, 1.807) is 29.2 Å². The fraction of sp³-hybridized carbons (Fsp3) is 0.333. The molecule has 7 heteroatoms. The maximum atomic E-state index is 13.8. The Morgan fingerprint density at radius 1 is 0.850 bits per heavy atom. The first-order chi connectivity index (χ1) is 19.0. The quantitative estimate of drug-likeness (QED) is 0.370. The van der Waals surface area contributed by atoms with Crippen molar-refractivity contribution in [3.05, 3.63) is 107 Å². The van der Waals surface area contributed by atoms with Gasteiger partial charge < -0.3 is 10.2 Å². The zero-order valence-corrected chi connectivity index (χ0v) is 23.6. The molecule has 4 amide bonds. The maximum absolute atomic E-state index is 13.8. The van der Waals surface area contributed by atoms with Crippen LogP contribution in [0.3, 0.4) is 0 Å². The third-order valence-corrected chi connectivity index (χ3v) is 6.86. The number of carbonyl (C=O) groups is 4. The van der Waals surface area contributed by atoms with Crippen LogP contribution < -0.4 is 5.32 Å². The lowest BCUT2D eigenvalue weighted by molar-refractivity contribution is -0.142. The molecule has 3 aromatic rings. The van der Waals surface area contributed by atoms with Crippen LogP contribution in [0.15, 0.2) is 78.9 Å². The van der Waals surface area contributed by atoms with Crippen molar-refractivity contribution < 1.29 is 19.2 Å². The number of nitrogens with one attached hydrogen (secondary N) is 1. The van der Waals surface area contributed by atoms with Gasteiger partial charge in [0.15, 0.2) is 0 Å². The average molecular weight is 540 g/mol. The van der Waals surface area contributed by atoms with Crippen molar-refractivity contribution in [2.45, 2.75) is 65.1 Å². The summed E-state index contributed by atoms with van der Waals surface area (Å²) in [7, 11) is 0. The van der Waals surface area contributed by atoms with E-state index < -0.39 is 11.6 Å². The summed E-state index contributed by atoms with van der Waals surface area (Å²) >= 11 is 0. The van der Waals surface area contributed by atoms with Gasteiger partial charge in [-0.3, -0.25) is 24.1 Å². The first-order valence-electron chi connectivity index (χ1n) is 13.7. The van der Waals surface area contributed by atoms with Gasteiger partial charge >= 0.3 is 0 Å². The second kappa shape index (κ2) is 12.3. The lowest BCUT2D eigenvalue weighted by Crippen LogP contribution is -2.54. The molecular weight excluding hydrogens is 502 g/mol. The maximum Gasteiger partial charge on any atom is 0.261 e. The second-order valence-electron chi connectivity index (χ2n) is 11.4. The lowest BCUT2D eigenvalue weighted by Gasteiger charge is -2.34. The van der Waals surface area contributed by atoms with E-state index in [9.17, 15) is 19.2 Å². The Balaban J connectivity index is 1.56. The van der Waals surface area contributed by atoms with Crippen molar-refractivity contribution >= 4 is 23.6 Å². The second-order valence-corrected chi connectivity index (χ2v) is 11.4. The van der Waals surface area contributed by atoms with Gasteiger partial charge in [-0.15, -0.1) is 0 Å². The number of hydrogen-bond acceptors (Lipinski definition) is 4. The number of hydrogen-bond donors (Lipinski definition) is 1. The third-order valence-electron chi connectivity index (χ3n) is 6.86. The highest BCUT2D eigenvalue weighted by Crippen LogP contribution is 2.23. The van der Waals surface area contributed by atoms with Crippen LogP contribution in [0.4, 0.5) is 0 Å². The van der Waals surface area contributed by atoms with Crippen LogP contribution in [0.2, 0.25) is 0 Å². The Hall–Kier alpha value is -4.26. The van der Waals surface area contributed by atoms with E-state index in [1.165, 1.54) is 4.90 Å². The van der Waals surface area contributed by atoms with Crippen LogP contribution in [0.5, 0.6) is 0 Å². The van der Waals surface area contributed by atoms with E-state index in [1.807, 2.05) is 82.3 Å². The summed E-state index contributed by atoms with van der Waals surface area (Å²) in [5, 5.41) is 3.06. The van der Waals surface area contributed by atoms with Crippen molar-refractivity contribution in [1.29, 1.82) is 0 Å². The fourth-order valence-corrected chi connectivity index (χ4v) is 4.99. The van der Waals surface area contributed by atoms with Crippen molar-refractivity contribution in [2.75, 3.05) is 6.54 Å². The van der Waals surface area contributed by atoms with Gasteiger partial charge in [0.25, 0.3) is 11.8 Å². The number of carbonyl (C=O) groups excluding carboxylic acids is 4. The highest BCUT2D eigenvalue weighted by atomic mass is 16.2. The standard InChI is InChI=1S/C33H37N3O4/c1-23-12-10-15-25(20-23)22-36(28(30(38)34-33(2,3)4)21-24-13-6-5-7-14-24)29(37)18-11-19-35-31(39)26-16-8-9-17-27(26)32(35)40/h5-10,12-17,20,28H,11,18-19,21-22H2,1-4H3,(H,34,38)/t28-/m1/s1. The molecule has 0 aromatic heterocycles. The van der Waals surface area contributed by atoms with Gasteiger partial charge in [-0.2, -0.15) is 0 Å². The van der Waals surface area contributed by atoms with Gasteiger partial charge in [0, 0.05) is 31.5 Å². The number of amides is 4. The van der Waals surface area contributed by atoms with Gasteiger partial charge in [-0.05, 0) is 57.4 Å². The molecule has 0 saturated heterocycles. The average Bonchev–Trinajstić information content (AvgIpc) is 3.15. The van der Waals surface area contributed by atoms with Gasteiger partial charge in [-0.1, -0.05) is 72.3 Å². The number of imide groups is 1. The molecule has 0 fully saturated rings. The number of benzene rings is 3. The lowest BCUT2D eigenvalue weighted by atomic mass is 10.00. The van der Waals surface area contributed by atoms with Gasteiger partial charge in [0.05, 0.1) is 11.1 Å². The molecule has 0 saturated carbocycles. The van der Waals surface area contributed by atoms with E-state index in [0.717, 1.165) is 16.7 Å². The van der Waals surface area contributed by atoms with E-state index >= 15 is 0 Å². The molecule has 1 heterocycles. The number of nitrogens with zero attached hydrogens (tertiary/aromatic N) is 2. The predicted molar refractivity (Wildman–Crippen MR) is 155 cm³/mol. The summed E-state index contributed by atoms with van der Waals surface area (Å²) < 4.78 is 0. The van der Waals surface area contributed by atoms with Crippen molar-refractivity contribution in [2.24, 2.45) is 0 Å². The smallest absolute Gasteiger partial charge is 0.261 e. The van der Waals surface area contributed by atoms with Crippen molar-refractivity contribution in [1.82, 2.24) is 15.1 Å². The van der Waals surface area contributed by atoms with E-state index in [-0.39, 0.29) is 43.1 Å². The summed E-state index contributed by atoms with van der Waals surface area (Å²) in [5.41, 5.74) is 3.24. The Labute approximate surface area is 236 Å². The molecule has 1 atom stereocenters. The molecule has 208 valence electrons. The van der Waals surface area contributed by atoms with Crippen molar-refractivity contribution in [3.63, 3.8) is 0 Å². The highest BCUT2D eigenvalue weighted by Gasteiger charge is 2.36. The van der Waals surface area contributed by atoms with Gasteiger partial charge in [0.2, 0.25) is 11.8 Å².